The molecular formula is C15H19N5O2. The maximum Gasteiger partial charge on any atom is 0.274 e. The molecule has 0 aliphatic heterocycles. The third-order valence-electron chi connectivity index (χ3n) is 3.16. The molecule has 22 heavy (non-hydrogen) atoms. The molecule has 1 aromatic heterocycles. The first-order valence-corrected chi connectivity index (χ1v) is 7.10. The van der Waals surface area contributed by atoms with Crippen molar-refractivity contribution in [2.75, 3.05) is 13.1 Å². The standard InChI is InChI=1S/C15H19N5O2/c1-3-16-13(21)9-17-15(22)14-11(2)20(19-18-14)10-12-7-5-4-6-8-12/h4-8H,3,9-10H2,1-2H3,(H,16,21)(H,17,22). The fourth-order valence-electron chi connectivity index (χ4n) is 1.98. The van der Waals surface area contributed by atoms with Crippen molar-refractivity contribution >= 4 is 11.8 Å². The maximum atomic E-state index is 12.0. The number of amides is 2. The highest BCUT2D eigenvalue weighted by molar-refractivity contribution is 5.95. The molecule has 2 amide bonds. The van der Waals surface area contributed by atoms with E-state index in [1.165, 1.54) is 0 Å². The molecule has 7 heteroatoms. The molecule has 0 saturated heterocycles. The quantitative estimate of drug-likeness (QED) is 0.813. The van der Waals surface area contributed by atoms with Crippen molar-refractivity contribution in [1.29, 1.82) is 0 Å². The van der Waals surface area contributed by atoms with Crippen LogP contribution in [0.1, 0.15) is 28.7 Å². The van der Waals surface area contributed by atoms with E-state index >= 15 is 0 Å². The van der Waals surface area contributed by atoms with Gasteiger partial charge in [0.25, 0.3) is 5.91 Å². The maximum absolute atomic E-state index is 12.0. The zero-order valence-corrected chi connectivity index (χ0v) is 12.7. The Bertz CT molecular complexity index is 651. The fraction of sp³-hybridized carbons (Fsp3) is 0.333. The van der Waals surface area contributed by atoms with Crippen LogP contribution in [0.3, 0.4) is 0 Å². The van der Waals surface area contributed by atoms with Crippen molar-refractivity contribution in [3.63, 3.8) is 0 Å². The number of carbonyl (C=O) groups is 2. The number of benzene rings is 1. The van der Waals surface area contributed by atoms with Crippen LogP contribution in [0, 0.1) is 6.92 Å². The zero-order chi connectivity index (χ0) is 15.9. The Hall–Kier alpha value is -2.70. The molecular weight excluding hydrogens is 282 g/mol. The molecule has 0 bridgehead atoms. The van der Waals surface area contributed by atoms with Crippen LogP contribution < -0.4 is 10.6 Å². The summed E-state index contributed by atoms with van der Waals surface area (Å²) in [6, 6.07) is 9.80. The summed E-state index contributed by atoms with van der Waals surface area (Å²) in [6.07, 6.45) is 0. The zero-order valence-electron chi connectivity index (χ0n) is 12.7. The summed E-state index contributed by atoms with van der Waals surface area (Å²) in [4.78, 5) is 23.4. The number of nitrogens with one attached hydrogen (secondary N) is 2. The van der Waals surface area contributed by atoms with Gasteiger partial charge in [-0.3, -0.25) is 9.59 Å². The van der Waals surface area contributed by atoms with Crippen LogP contribution in [-0.2, 0) is 11.3 Å². The van der Waals surface area contributed by atoms with Crippen LogP contribution in [0.2, 0.25) is 0 Å². The highest BCUT2D eigenvalue weighted by atomic mass is 16.2. The van der Waals surface area contributed by atoms with Crippen molar-refractivity contribution in [3.8, 4) is 0 Å². The van der Waals surface area contributed by atoms with E-state index in [2.05, 4.69) is 20.9 Å². The molecule has 0 aliphatic carbocycles. The predicted octanol–water partition coefficient (Wildman–Crippen LogP) is 0.501. The van der Waals surface area contributed by atoms with Gasteiger partial charge >= 0.3 is 0 Å². The van der Waals surface area contributed by atoms with Gasteiger partial charge in [0.15, 0.2) is 5.69 Å². The Morgan fingerprint density at radius 3 is 2.59 bits per heavy atom. The third kappa shape index (κ3) is 3.91. The first-order chi connectivity index (χ1) is 10.6. The molecule has 2 rings (SSSR count). The van der Waals surface area contributed by atoms with Crippen molar-refractivity contribution < 1.29 is 9.59 Å². The summed E-state index contributed by atoms with van der Waals surface area (Å²) in [7, 11) is 0. The minimum Gasteiger partial charge on any atom is -0.355 e. The van der Waals surface area contributed by atoms with E-state index in [1.807, 2.05) is 37.3 Å². The summed E-state index contributed by atoms with van der Waals surface area (Å²) in [6.45, 7) is 4.60. The molecule has 116 valence electrons. The normalized spacial score (nSPS) is 10.3. The number of aromatic nitrogens is 3. The molecule has 2 aromatic rings. The first kappa shape index (κ1) is 15.7. The lowest BCUT2D eigenvalue weighted by molar-refractivity contribution is -0.120. The number of likely N-dealkylation sites (N-methyl/N-ethyl adjacent to an activating group) is 1. The van der Waals surface area contributed by atoms with E-state index in [0.29, 0.717) is 18.8 Å². The van der Waals surface area contributed by atoms with Gasteiger partial charge in [-0.2, -0.15) is 0 Å². The van der Waals surface area contributed by atoms with E-state index in [-0.39, 0.29) is 18.1 Å². The van der Waals surface area contributed by atoms with E-state index in [1.54, 1.807) is 11.6 Å². The number of nitrogens with zero attached hydrogens (tertiary/aromatic N) is 3. The van der Waals surface area contributed by atoms with Gasteiger partial charge in [-0.25, -0.2) is 4.68 Å². The Kier molecular flexibility index (Phi) is 5.24. The van der Waals surface area contributed by atoms with Gasteiger partial charge in [0.1, 0.15) is 0 Å². The molecule has 1 aromatic carbocycles. The van der Waals surface area contributed by atoms with Gasteiger partial charge in [-0.15, -0.1) is 5.10 Å². The third-order valence-corrected chi connectivity index (χ3v) is 3.16. The molecule has 0 spiro atoms. The minimum atomic E-state index is -0.400. The molecule has 0 radical (unpaired) electrons. The van der Waals surface area contributed by atoms with Gasteiger partial charge in [0, 0.05) is 6.54 Å². The lowest BCUT2D eigenvalue weighted by Gasteiger charge is -2.05. The largest absolute Gasteiger partial charge is 0.355 e. The molecule has 7 nitrogen and oxygen atoms in total. The van der Waals surface area contributed by atoms with E-state index < -0.39 is 5.91 Å². The number of rotatable bonds is 6. The lowest BCUT2D eigenvalue weighted by Crippen LogP contribution is -2.37. The van der Waals surface area contributed by atoms with Gasteiger partial charge in [-0.1, -0.05) is 35.5 Å². The summed E-state index contributed by atoms with van der Waals surface area (Å²) >= 11 is 0. The highest BCUT2D eigenvalue weighted by Gasteiger charge is 2.17. The average molecular weight is 301 g/mol. The minimum absolute atomic E-state index is 0.0718. The second-order valence-corrected chi connectivity index (χ2v) is 4.80. The second kappa shape index (κ2) is 7.35. The van der Waals surface area contributed by atoms with Gasteiger partial charge < -0.3 is 10.6 Å². The Balaban J connectivity index is 2.01. The molecule has 0 saturated carbocycles. The summed E-state index contributed by atoms with van der Waals surface area (Å²) < 4.78 is 1.66. The summed E-state index contributed by atoms with van der Waals surface area (Å²) in [5.74, 6) is -0.631. The predicted molar refractivity (Wildman–Crippen MR) is 81.3 cm³/mol. The van der Waals surface area contributed by atoms with Crippen molar-refractivity contribution in [3.05, 3.63) is 47.3 Å². The Labute approximate surface area is 128 Å². The number of hydrogen-bond donors (Lipinski definition) is 2. The highest BCUT2D eigenvalue weighted by Crippen LogP contribution is 2.07. The van der Waals surface area contributed by atoms with Crippen LogP contribution in [0.25, 0.3) is 0 Å². The van der Waals surface area contributed by atoms with Gasteiger partial charge in [0.2, 0.25) is 5.91 Å². The van der Waals surface area contributed by atoms with E-state index in [4.69, 9.17) is 0 Å². The van der Waals surface area contributed by atoms with Crippen molar-refractivity contribution in [2.24, 2.45) is 0 Å². The Morgan fingerprint density at radius 2 is 1.91 bits per heavy atom. The molecule has 2 N–H and O–H groups in total. The van der Waals surface area contributed by atoms with E-state index in [9.17, 15) is 9.59 Å². The topological polar surface area (TPSA) is 88.9 Å². The molecule has 0 aliphatic rings. The molecule has 0 unspecified atom stereocenters. The number of carbonyl (C=O) groups excluding carboxylic acids is 2. The van der Waals surface area contributed by atoms with Crippen LogP contribution in [0.5, 0.6) is 0 Å². The van der Waals surface area contributed by atoms with Crippen LogP contribution in [-0.4, -0.2) is 39.9 Å². The van der Waals surface area contributed by atoms with Gasteiger partial charge in [0.05, 0.1) is 18.8 Å². The lowest BCUT2D eigenvalue weighted by atomic mass is 10.2. The summed E-state index contributed by atoms with van der Waals surface area (Å²) in [5, 5.41) is 13.1. The molecule has 0 fully saturated rings. The first-order valence-electron chi connectivity index (χ1n) is 7.10. The monoisotopic (exact) mass is 301 g/mol. The average Bonchev–Trinajstić information content (AvgIpc) is 2.87. The van der Waals surface area contributed by atoms with E-state index in [0.717, 1.165) is 5.56 Å². The van der Waals surface area contributed by atoms with Gasteiger partial charge in [-0.05, 0) is 19.4 Å². The smallest absolute Gasteiger partial charge is 0.274 e. The van der Waals surface area contributed by atoms with Crippen LogP contribution in [0.15, 0.2) is 30.3 Å². The van der Waals surface area contributed by atoms with Crippen LogP contribution in [0.4, 0.5) is 0 Å². The van der Waals surface area contributed by atoms with Crippen molar-refractivity contribution in [2.45, 2.75) is 20.4 Å². The van der Waals surface area contributed by atoms with Crippen molar-refractivity contribution in [1.82, 2.24) is 25.6 Å². The summed E-state index contributed by atoms with van der Waals surface area (Å²) in [5.41, 5.74) is 1.97. The Morgan fingerprint density at radius 1 is 1.18 bits per heavy atom. The molecule has 0 atom stereocenters. The number of hydrogen-bond acceptors (Lipinski definition) is 4. The SMILES string of the molecule is CCNC(=O)CNC(=O)c1nnn(Cc2ccccc2)c1C. The fourth-order valence-corrected chi connectivity index (χ4v) is 1.98. The van der Waals surface area contributed by atoms with Crippen LogP contribution >= 0.6 is 0 Å². The second-order valence-electron chi connectivity index (χ2n) is 4.80. The molecule has 1 heterocycles.